The van der Waals surface area contributed by atoms with Gasteiger partial charge in [0.05, 0.1) is 10.5 Å². The maximum Gasteiger partial charge on any atom is 0.223 e. The molecule has 84 valence electrons. The van der Waals surface area contributed by atoms with Gasteiger partial charge in [-0.3, -0.25) is 0 Å². The van der Waals surface area contributed by atoms with Crippen LogP contribution in [0.3, 0.4) is 0 Å². The van der Waals surface area contributed by atoms with E-state index in [0.29, 0.717) is 18.5 Å². The monoisotopic (exact) mass is 279 g/mol. The lowest BCUT2D eigenvalue weighted by molar-refractivity contribution is 0.290. The molecule has 1 aromatic carbocycles. The predicted octanol–water partition coefficient (Wildman–Crippen LogP) is 3.67. The molecule has 0 saturated heterocycles. The number of ether oxygens (including phenoxy) is 1. The minimum atomic E-state index is 0.312. The van der Waals surface area contributed by atoms with Gasteiger partial charge in [-0.05, 0) is 34.8 Å². The van der Waals surface area contributed by atoms with E-state index in [-0.39, 0.29) is 0 Å². The second kappa shape index (κ2) is 5.30. The van der Waals surface area contributed by atoms with Crippen LogP contribution in [-0.2, 0) is 11.3 Å². The Morgan fingerprint density at radius 3 is 2.88 bits per heavy atom. The molecule has 1 aliphatic rings. The minimum absolute atomic E-state index is 0.312. The highest BCUT2D eigenvalue weighted by atomic mass is 79.9. The molecule has 0 bridgehead atoms. The van der Waals surface area contributed by atoms with Gasteiger partial charge in [-0.25, -0.2) is 4.99 Å². The SMILES string of the molecule is CC1CC=C(Br)C(OCc2ccccc2)=N1. The lowest BCUT2D eigenvalue weighted by atomic mass is 10.2. The Kier molecular flexibility index (Phi) is 3.78. The van der Waals surface area contributed by atoms with Crippen LogP contribution in [0.15, 0.2) is 45.9 Å². The summed E-state index contributed by atoms with van der Waals surface area (Å²) in [5.74, 6) is 0.711. The third kappa shape index (κ3) is 2.95. The van der Waals surface area contributed by atoms with Gasteiger partial charge in [-0.15, -0.1) is 0 Å². The van der Waals surface area contributed by atoms with Crippen molar-refractivity contribution in [1.29, 1.82) is 0 Å². The second-order valence-corrected chi connectivity index (χ2v) is 4.70. The summed E-state index contributed by atoms with van der Waals surface area (Å²) >= 11 is 3.46. The van der Waals surface area contributed by atoms with E-state index in [1.165, 1.54) is 0 Å². The first-order valence-electron chi connectivity index (χ1n) is 5.36. The summed E-state index contributed by atoms with van der Waals surface area (Å²) in [4.78, 5) is 4.46. The maximum absolute atomic E-state index is 5.69. The number of aliphatic imine (C=N–C) groups is 1. The lowest BCUT2D eigenvalue weighted by Gasteiger charge is -2.15. The fourth-order valence-corrected chi connectivity index (χ4v) is 1.91. The molecule has 0 spiro atoms. The first-order chi connectivity index (χ1) is 7.75. The highest BCUT2D eigenvalue weighted by molar-refractivity contribution is 9.12. The molecule has 1 heterocycles. The molecule has 3 heteroatoms. The van der Waals surface area contributed by atoms with E-state index in [4.69, 9.17) is 4.74 Å². The Bertz CT molecular complexity index is 411. The first-order valence-corrected chi connectivity index (χ1v) is 6.15. The number of benzene rings is 1. The van der Waals surface area contributed by atoms with Crippen LogP contribution in [0.4, 0.5) is 0 Å². The molecule has 0 aliphatic carbocycles. The van der Waals surface area contributed by atoms with Crippen molar-refractivity contribution in [1.82, 2.24) is 0 Å². The van der Waals surface area contributed by atoms with E-state index >= 15 is 0 Å². The molecule has 16 heavy (non-hydrogen) atoms. The molecule has 2 nitrogen and oxygen atoms in total. The molecule has 0 aromatic heterocycles. The van der Waals surface area contributed by atoms with Gasteiger partial charge >= 0.3 is 0 Å². The molecule has 0 saturated carbocycles. The average Bonchev–Trinajstić information content (AvgIpc) is 2.32. The highest BCUT2D eigenvalue weighted by Gasteiger charge is 2.13. The number of rotatable bonds is 2. The summed E-state index contributed by atoms with van der Waals surface area (Å²) in [7, 11) is 0. The zero-order valence-corrected chi connectivity index (χ0v) is 10.8. The molecule has 0 fully saturated rings. The summed E-state index contributed by atoms with van der Waals surface area (Å²) in [5, 5.41) is 0. The van der Waals surface area contributed by atoms with Crippen molar-refractivity contribution in [2.75, 3.05) is 0 Å². The molecule has 1 aromatic rings. The topological polar surface area (TPSA) is 21.6 Å². The van der Waals surface area contributed by atoms with Crippen molar-refractivity contribution in [3.63, 3.8) is 0 Å². The van der Waals surface area contributed by atoms with Crippen LogP contribution >= 0.6 is 15.9 Å². The van der Waals surface area contributed by atoms with Crippen molar-refractivity contribution < 1.29 is 4.74 Å². The van der Waals surface area contributed by atoms with Crippen molar-refractivity contribution >= 4 is 21.8 Å². The van der Waals surface area contributed by atoms with Gasteiger partial charge in [0.2, 0.25) is 5.90 Å². The number of halogens is 1. The number of nitrogens with zero attached hydrogens (tertiary/aromatic N) is 1. The number of dihydropyridines is 1. The third-order valence-electron chi connectivity index (χ3n) is 2.40. The van der Waals surface area contributed by atoms with Gasteiger partial charge in [-0.2, -0.15) is 0 Å². The van der Waals surface area contributed by atoms with Crippen LogP contribution in [0.1, 0.15) is 18.9 Å². The van der Waals surface area contributed by atoms with Crippen molar-refractivity contribution in [2.45, 2.75) is 26.0 Å². The Labute approximate surface area is 104 Å². The fraction of sp³-hybridized carbons (Fsp3) is 0.308. The van der Waals surface area contributed by atoms with Gasteiger partial charge in [0, 0.05) is 0 Å². The van der Waals surface area contributed by atoms with E-state index in [1.54, 1.807) is 0 Å². The van der Waals surface area contributed by atoms with Crippen LogP contribution in [0, 0.1) is 0 Å². The van der Waals surface area contributed by atoms with Crippen molar-refractivity contribution in [3.8, 4) is 0 Å². The van der Waals surface area contributed by atoms with E-state index in [1.807, 2.05) is 30.3 Å². The van der Waals surface area contributed by atoms with Crippen LogP contribution < -0.4 is 0 Å². The number of hydrogen-bond donors (Lipinski definition) is 0. The largest absolute Gasteiger partial charge is 0.472 e. The summed E-state index contributed by atoms with van der Waals surface area (Å²) in [6, 6.07) is 10.4. The molecule has 2 rings (SSSR count). The minimum Gasteiger partial charge on any atom is -0.472 e. The zero-order valence-electron chi connectivity index (χ0n) is 9.19. The maximum atomic E-state index is 5.69. The van der Waals surface area contributed by atoms with Gasteiger partial charge < -0.3 is 4.74 Å². The van der Waals surface area contributed by atoms with E-state index in [9.17, 15) is 0 Å². The number of hydrogen-bond acceptors (Lipinski definition) is 2. The fourth-order valence-electron chi connectivity index (χ4n) is 1.51. The lowest BCUT2D eigenvalue weighted by Crippen LogP contribution is -2.14. The van der Waals surface area contributed by atoms with Crippen LogP contribution in [-0.4, -0.2) is 11.9 Å². The Hall–Kier alpha value is -1.09. The quantitative estimate of drug-likeness (QED) is 0.810. The smallest absolute Gasteiger partial charge is 0.223 e. The molecule has 0 N–H and O–H groups in total. The predicted molar refractivity (Wildman–Crippen MR) is 69.8 cm³/mol. The molecule has 1 aliphatic heterocycles. The van der Waals surface area contributed by atoms with E-state index < -0.39 is 0 Å². The van der Waals surface area contributed by atoms with Crippen molar-refractivity contribution in [2.24, 2.45) is 4.99 Å². The molecular weight excluding hydrogens is 266 g/mol. The van der Waals surface area contributed by atoms with Crippen LogP contribution in [0.25, 0.3) is 0 Å². The third-order valence-corrected chi connectivity index (χ3v) is 3.06. The van der Waals surface area contributed by atoms with Crippen molar-refractivity contribution in [3.05, 3.63) is 46.5 Å². The molecule has 1 unspecified atom stereocenters. The Balaban J connectivity index is 1.98. The Morgan fingerprint density at radius 2 is 2.12 bits per heavy atom. The summed E-state index contributed by atoms with van der Waals surface area (Å²) in [6.07, 6.45) is 3.08. The zero-order chi connectivity index (χ0) is 11.4. The van der Waals surface area contributed by atoms with Gasteiger partial charge in [0.25, 0.3) is 0 Å². The van der Waals surface area contributed by atoms with E-state index in [0.717, 1.165) is 16.5 Å². The summed E-state index contributed by atoms with van der Waals surface area (Å²) < 4.78 is 6.65. The summed E-state index contributed by atoms with van der Waals surface area (Å²) in [6.45, 7) is 2.65. The molecule has 0 radical (unpaired) electrons. The second-order valence-electron chi connectivity index (χ2n) is 3.85. The van der Waals surface area contributed by atoms with Gasteiger partial charge in [0.1, 0.15) is 6.61 Å². The first kappa shape index (κ1) is 11.4. The molecule has 0 amide bonds. The molecule has 1 atom stereocenters. The van der Waals surface area contributed by atoms with E-state index in [2.05, 4.69) is 33.9 Å². The molecular formula is C13H14BrNO. The normalized spacial score (nSPS) is 20.0. The average molecular weight is 280 g/mol. The van der Waals surface area contributed by atoms with Crippen LogP contribution in [0.2, 0.25) is 0 Å². The standard InChI is InChI=1S/C13H14BrNO/c1-10-7-8-12(14)13(15-10)16-9-11-5-3-2-4-6-11/h2-6,8,10H,7,9H2,1H3. The van der Waals surface area contributed by atoms with Gasteiger partial charge in [0.15, 0.2) is 0 Å². The Morgan fingerprint density at radius 1 is 1.38 bits per heavy atom. The van der Waals surface area contributed by atoms with Crippen LogP contribution in [0.5, 0.6) is 0 Å². The van der Waals surface area contributed by atoms with Gasteiger partial charge in [-0.1, -0.05) is 36.4 Å². The summed E-state index contributed by atoms with van der Waals surface area (Å²) in [5.41, 5.74) is 1.16. The highest BCUT2D eigenvalue weighted by Crippen LogP contribution is 2.19.